The van der Waals surface area contributed by atoms with Crippen LogP contribution >= 0.6 is 15.9 Å². The van der Waals surface area contributed by atoms with Crippen LogP contribution in [0.25, 0.3) is 10.9 Å². The molecular formula is C29H27BrN4O5. The predicted octanol–water partition coefficient (Wildman–Crippen LogP) is 6.22. The quantitative estimate of drug-likeness (QED) is 0.0887. The highest BCUT2D eigenvalue weighted by molar-refractivity contribution is 9.10. The van der Waals surface area contributed by atoms with Crippen molar-refractivity contribution in [3.63, 3.8) is 0 Å². The second kappa shape index (κ2) is 12.5. The highest BCUT2D eigenvalue weighted by atomic mass is 79.9. The summed E-state index contributed by atoms with van der Waals surface area (Å²) in [4.78, 5) is 28.5. The van der Waals surface area contributed by atoms with Crippen molar-refractivity contribution in [3.05, 3.63) is 115 Å². The van der Waals surface area contributed by atoms with E-state index in [0.717, 1.165) is 22.0 Å². The molecule has 0 N–H and O–H groups in total. The summed E-state index contributed by atoms with van der Waals surface area (Å²) in [5, 5.41) is 15.9. The van der Waals surface area contributed by atoms with Gasteiger partial charge in [-0.2, -0.15) is 9.78 Å². The maximum absolute atomic E-state index is 13.3. The van der Waals surface area contributed by atoms with E-state index in [1.54, 1.807) is 43.7 Å². The maximum atomic E-state index is 13.3. The number of non-ortho nitro benzene ring substituents is 1. The van der Waals surface area contributed by atoms with Crippen LogP contribution in [0.3, 0.4) is 0 Å². The molecule has 9 nitrogen and oxygen atoms in total. The highest BCUT2D eigenvalue weighted by Gasteiger charge is 2.15. The molecule has 0 unspecified atom stereocenters. The fourth-order valence-electron chi connectivity index (χ4n) is 4.07. The van der Waals surface area contributed by atoms with Crippen LogP contribution in [0.15, 0.2) is 81.6 Å². The summed E-state index contributed by atoms with van der Waals surface area (Å²) in [5.74, 6) is 1.60. The normalized spacial score (nSPS) is 11.2. The number of hydrogen-bond acceptors (Lipinski definition) is 7. The van der Waals surface area contributed by atoms with Crippen molar-refractivity contribution in [2.24, 2.45) is 5.10 Å². The van der Waals surface area contributed by atoms with Gasteiger partial charge in [-0.1, -0.05) is 28.9 Å². The van der Waals surface area contributed by atoms with Crippen LogP contribution in [0, 0.1) is 10.1 Å². The van der Waals surface area contributed by atoms with E-state index in [2.05, 4.69) is 32.6 Å². The molecule has 1 aromatic heterocycles. The topological polar surface area (TPSA) is 109 Å². The van der Waals surface area contributed by atoms with Crippen LogP contribution in [0.4, 0.5) is 5.69 Å². The number of aryl methyl sites for hydroxylation is 1. The molecule has 0 aliphatic carbocycles. The molecule has 200 valence electrons. The Kier molecular flexibility index (Phi) is 8.88. The minimum absolute atomic E-state index is 0.0164. The molecule has 10 heteroatoms. The molecule has 1 heterocycles. The third kappa shape index (κ3) is 6.40. The summed E-state index contributed by atoms with van der Waals surface area (Å²) < 4.78 is 13.8. The van der Waals surface area contributed by atoms with E-state index in [0.29, 0.717) is 46.6 Å². The number of rotatable bonds is 11. The molecule has 0 saturated heterocycles. The van der Waals surface area contributed by atoms with Crippen molar-refractivity contribution < 1.29 is 14.4 Å². The van der Waals surface area contributed by atoms with Gasteiger partial charge in [0, 0.05) is 28.6 Å². The SMILES string of the molecule is C=CCc1cc(C=Nn2c(CCC)nc3ccc(Br)cc3c2=O)cc(OC)c1OCc1ccc([N+](=O)[O-])cc1. The fourth-order valence-corrected chi connectivity index (χ4v) is 4.43. The number of aromatic nitrogens is 2. The van der Waals surface area contributed by atoms with Crippen molar-refractivity contribution in [1.29, 1.82) is 0 Å². The van der Waals surface area contributed by atoms with E-state index in [1.807, 2.05) is 25.1 Å². The Morgan fingerprint density at radius 1 is 1.18 bits per heavy atom. The Morgan fingerprint density at radius 3 is 2.62 bits per heavy atom. The van der Waals surface area contributed by atoms with Gasteiger partial charge in [0.15, 0.2) is 11.5 Å². The zero-order valence-electron chi connectivity index (χ0n) is 21.6. The number of benzene rings is 3. The summed E-state index contributed by atoms with van der Waals surface area (Å²) in [6, 6.07) is 15.3. The van der Waals surface area contributed by atoms with Gasteiger partial charge in [0.25, 0.3) is 11.2 Å². The molecule has 0 spiro atoms. The average Bonchev–Trinajstić information content (AvgIpc) is 2.93. The zero-order valence-corrected chi connectivity index (χ0v) is 23.2. The van der Waals surface area contributed by atoms with Crippen LogP contribution in [0.5, 0.6) is 11.5 Å². The number of nitro groups is 1. The van der Waals surface area contributed by atoms with Crippen molar-refractivity contribution >= 4 is 38.7 Å². The molecule has 0 bridgehead atoms. The molecular weight excluding hydrogens is 564 g/mol. The first-order valence-corrected chi connectivity index (χ1v) is 13.1. The number of hydrogen-bond donors (Lipinski definition) is 0. The number of nitrogens with zero attached hydrogens (tertiary/aromatic N) is 4. The maximum Gasteiger partial charge on any atom is 0.282 e. The largest absolute Gasteiger partial charge is 0.493 e. The summed E-state index contributed by atoms with van der Waals surface area (Å²) >= 11 is 3.42. The van der Waals surface area contributed by atoms with Crippen molar-refractivity contribution in [2.75, 3.05) is 7.11 Å². The first kappa shape index (κ1) is 27.7. The monoisotopic (exact) mass is 590 g/mol. The van der Waals surface area contributed by atoms with Gasteiger partial charge in [0.2, 0.25) is 0 Å². The molecule has 4 aromatic rings. The van der Waals surface area contributed by atoms with Crippen molar-refractivity contribution in [3.8, 4) is 11.5 Å². The number of methoxy groups -OCH3 is 1. The first-order valence-electron chi connectivity index (χ1n) is 12.3. The van der Waals surface area contributed by atoms with Gasteiger partial charge < -0.3 is 9.47 Å². The smallest absolute Gasteiger partial charge is 0.282 e. The molecule has 0 radical (unpaired) electrons. The van der Waals surface area contributed by atoms with E-state index in [1.165, 1.54) is 16.8 Å². The number of allylic oxidation sites excluding steroid dienone is 1. The summed E-state index contributed by atoms with van der Waals surface area (Å²) in [5.41, 5.74) is 2.69. The van der Waals surface area contributed by atoms with Gasteiger partial charge in [0.05, 0.1) is 29.2 Å². The van der Waals surface area contributed by atoms with E-state index in [4.69, 9.17) is 9.47 Å². The first-order chi connectivity index (χ1) is 18.8. The van der Waals surface area contributed by atoms with Crippen LogP contribution in [0.2, 0.25) is 0 Å². The van der Waals surface area contributed by atoms with Gasteiger partial charge in [0.1, 0.15) is 12.4 Å². The third-order valence-electron chi connectivity index (χ3n) is 5.94. The van der Waals surface area contributed by atoms with Gasteiger partial charge in [-0.3, -0.25) is 14.9 Å². The number of nitro benzene ring substituents is 1. The Morgan fingerprint density at radius 2 is 1.95 bits per heavy atom. The summed E-state index contributed by atoms with van der Waals surface area (Å²) in [6.07, 6.45) is 5.26. The second-order valence-corrected chi connectivity index (χ2v) is 9.63. The summed E-state index contributed by atoms with van der Waals surface area (Å²) in [7, 11) is 1.54. The number of fused-ring (bicyclic) bond motifs is 1. The molecule has 0 aliphatic heterocycles. The number of halogens is 1. The van der Waals surface area contributed by atoms with E-state index < -0.39 is 4.92 Å². The lowest BCUT2D eigenvalue weighted by atomic mass is 10.1. The van der Waals surface area contributed by atoms with Crippen LogP contribution in [0.1, 0.15) is 35.9 Å². The molecule has 0 aliphatic rings. The van der Waals surface area contributed by atoms with Crippen molar-refractivity contribution in [1.82, 2.24) is 9.66 Å². The lowest BCUT2D eigenvalue weighted by Crippen LogP contribution is -2.22. The molecule has 0 amide bonds. The van der Waals surface area contributed by atoms with Crippen LogP contribution in [-0.2, 0) is 19.4 Å². The minimum Gasteiger partial charge on any atom is -0.493 e. The summed E-state index contributed by atoms with van der Waals surface area (Å²) in [6.45, 7) is 6.06. The molecule has 3 aromatic carbocycles. The Hall–Kier alpha value is -4.31. The third-order valence-corrected chi connectivity index (χ3v) is 6.43. The van der Waals surface area contributed by atoms with Gasteiger partial charge in [-0.05, 0) is 66.4 Å². The Bertz CT molecular complexity index is 1610. The van der Waals surface area contributed by atoms with E-state index >= 15 is 0 Å². The molecule has 4 rings (SSSR count). The zero-order chi connectivity index (χ0) is 27.9. The standard InChI is InChI=1S/C29H27BrN4O5/c1-4-6-21-14-20(15-26(38-3)28(21)39-18-19-8-11-23(12-9-19)34(36)37)17-31-33-27(7-5-2)32-25-13-10-22(30)16-24(25)29(33)35/h4,8-17H,1,5-7,18H2,2-3H3. The van der Waals surface area contributed by atoms with Crippen LogP contribution in [-0.4, -0.2) is 27.9 Å². The van der Waals surface area contributed by atoms with Crippen molar-refractivity contribution in [2.45, 2.75) is 32.8 Å². The van der Waals surface area contributed by atoms with Gasteiger partial charge in [-0.15, -0.1) is 6.58 Å². The second-order valence-electron chi connectivity index (χ2n) is 8.72. The molecule has 39 heavy (non-hydrogen) atoms. The predicted molar refractivity (Wildman–Crippen MR) is 155 cm³/mol. The number of ether oxygens (including phenoxy) is 2. The van der Waals surface area contributed by atoms with Gasteiger partial charge in [-0.25, -0.2) is 4.98 Å². The highest BCUT2D eigenvalue weighted by Crippen LogP contribution is 2.34. The average molecular weight is 591 g/mol. The molecule has 0 saturated carbocycles. The fraction of sp³-hybridized carbons (Fsp3) is 0.207. The molecule has 0 fully saturated rings. The van der Waals surface area contributed by atoms with Crippen LogP contribution < -0.4 is 15.0 Å². The lowest BCUT2D eigenvalue weighted by molar-refractivity contribution is -0.384. The van der Waals surface area contributed by atoms with E-state index in [-0.39, 0.29) is 17.9 Å². The molecule has 0 atom stereocenters. The Labute approximate surface area is 233 Å². The lowest BCUT2D eigenvalue weighted by Gasteiger charge is -2.16. The Balaban J connectivity index is 1.69. The minimum atomic E-state index is -0.442. The van der Waals surface area contributed by atoms with E-state index in [9.17, 15) is 14.9 Å². The van der Waals surface area contributed by atoms with Gasteiger partial charge >= 0.3 is 0 Å².